The average Bonchev–Trinajstić information content (AvgIpc) is 2.54. The number of piperazine rings is 1. The fourth-order valence-electron chi connectivity index (χ4n) is 2.13. The van der Waals surface area contributed by atoms with Crippen LogP contribution < -0.4 is 5.32 Å². The van der Waals surface area contributed by atoms with Crippen LogP contribution in [0.15, 0.2) is 24.5 Å². The molecule has 1 aliphatic rings. The van der Waals surface area contributed by atoms with Crippen LogP contribution in [0.5, 0.6) is 0 Å². The highest BCUT2D eigenvalue weighted by molar-refractivity contribution is 6.27. The first-order chi connectivity index (χ1) is 11.6. The molecule has 0 spiro atoms. The van der Waals surface area contributed by atoms with E-state index in [1.807, 2.05) is 32.9 Å². The molecule has 1 aromatic rings. The predicted octanol–water partition coefficient (Wildman–Crippen LogP) is 1.12. The second kappa shape index (κ2) is 8.97. The van der Waals surface area contributed by atoms with Crippen molar-refractivity contribution in [3.8, 4) is 0 Å². The highest BCUT2D eigenvalue weighted by atomic mass is 16.6. The highest BCUT2D eigenvalue weighted by Crippen LogP contribution is 2.23. The normalized spacial score (nSPS) is 17.1. The van der Waals surface area contributed by atoms with Crippen molar-refractivity contribution in [2.24, 2.45) is 0 Å². The van der Waals surface area contributed by atoms with Crippen LogP contribution in [-0.2, 0) is 14.3 Å². The number of aromatic nitrogens is 1. The third-order valence-corrected chi connectivity index (χ3v) is 3.15. The number of carboxylic acid groups (broad SMARTS) is 2. The molecule has 1 fully saturated rings. The van der Waals surface area contributed by atoms with Crippen LogP contribution in [0, 0.1) is 0 Å². The van der Waals surface area contributed by atoms with Gasteiger partial charge in [0.1, 0.15) is 5.60 Å². The Morgan fingerprint density at radius 1 is 1.20 bits per heavy atom. The molecule has 0 aromatic carbocycles. The molecule has 1 aromatic heterocycles. The first kappa shape index (κ1) is 20.4. The minimum absolute atomic E-state index is 0.00611. The number of hydrogen-bond acceptors (Lipinski definition) is 6. The maximum absolute atomic E-state index is 12.3. The van der Waals surface area contributed by atoms with Gasteiger partial charge in [-0.15, -0.1) is 0 Å². The summed E-state index contributed by atoms with van der Waals surface area (Å²) in [6.07, 6.45) is 3.24. The summed E-state index contributed by atoms with van der Waals surface area (Å²) in [5, 5.41) is 18.1. The van der Waals surface area contributed by atoms with Crippen LogP contribution in [0.4, 0.5) is 4.79 Å². The van der Waals surface area contributed by atoms with Gasteiger partial charge in [0.2, 0.25) is 0 Å². The number of pyridine rings is 1. The van der Waals surface area contributed by atoms with E-state index in [0.29, 0.717) is 6.54 Å². The van der Waals surface area contributed by atoms with Gasteiger partial charge in [-0.1, -0.05) is 0 Å². The summed E-state index contributed by atoms with van der Waals surface area (Å²) in [7, 11) is 0. The molecule has 0 saturated carbocycles. The predicted molar refractivity (Wildman–Crippen MR) is 88.1 cm³/mol. The molecule has 2 rings (SSSR count). The van der Waals surface area contributed by atoms with Crippen molar-refractivity contribution in [1.82, 2.24) is 15.2 Å². The third kappa shape index (κ3) is 7.17. The van der Waals surface area contributed by atoms with Gasteiger partial charge in [-0.05, 0) is 38.5 Å². The van der Waals surface area contributed by atoms with E-state index in [2.05, 4.69) is 10.3 Å². The number of amides is 1. The number of aliphatic carboxylic acids is 2. The van der Waals surface area contributed by atoms with Crippen LogP contribution >= 0.6 is 0 Å². The number of hydrogen-bond donors (Lipinski definition) is 3. The molecular weight excluding hydrogens is 330 g/mol. The molecule has 9 heteroatoms. The minimum Gasteiger partial charge on any atom is -0.473 e. The topological polar surface area (TPSA) is 129 Å². The standard InChI is InChI=1S/C14H21N3O2.C2H2O4/c1-14(2,3)19-13(18)17-9-8-16-10-12(17)11-4-6-15-7-5-11;3-1(4)2(5)6/h4-7,12,16H,8-10H2,1-3H3;(H,3,4)(H,5,6). The van der Waals surface area contributed by atoms with Crippen LogP contribution in [0.1, 0.15) is 32.4 Å². The Morgan fingerprint density at radius 2 is 1.76 bits per heavy atom. The molecule has 1 unspecified atom stereocenters. The number of nitrogens with one attached hydrogen (secondary N) is 1. The Labute approximate surface area is 145 Å². The molecule has 138 valence electrons. The molecule has 0 bridgehead atoms. The summed E-state index contributed by atoms with van der Waals surface area (Å²) in [6.45, 7) is 7.84. The van der Waals surface area contributed by atoms with Gasteiger partial charge < -0.3 is 20.3 Å². The molecule has 9 nitrogen and oxygen atoms in total. The van der Waals surface area contributed by atoms with Crippen molar-refractivity contribution in [2.45, 2.75) is 32.4 Å². The summed E-state index contributed by atoms with van der Waals surface area (Å²) in [4.78, 5) is 36.3. The molecule has 25 heavy (non-hydrogen) atoms. The number of carboxylic acids is 2. The molecule has 1 saturated heterocycles. The van der Waals surface area contributed by atoms with E-state index in [-0.39, 0.29) is 12.1 Å². The van der Waals surface area contributed by atoms with Crippen LogP contribution in [0.2, 0.25) is 0 Å². The summed E-state index contributed by atoms with van der Waals surface area (Å²) in [5.41, 5.74) is 0.609. The van der Waals surface area contributed by atoms with E-state index >= 15 is 0 Å². The summed E-state index contributed by atoms with van der Waals surface area (Å²) in [6, 6.07) is 3.89. The number of ether oxygens (including phenoxy) is 1. The van der Waals surface area contributed by atoms with Gasteiger partial charge in [-0.2, -0.15) is 0 Å². The van der Waals surface area contributed by atoms with Gasteiger partial charge in [-0.25, -0.2) is 14.4 Å². The number of nitrogens with zero attached hydrogens (tertiary/aromatic N) is 2. The zero-order valence-electron chi connectivity index (χ0n) is 14.4. The monoisotopic (exact) mass is 353 g/mol. The van der Waals surface area contributed by atoms with Gasteiger partial charge in [0.25, 0.3) is 0 Å². The quantitative estimate of drug-likeness (QED) is 0.641. The lowest BCUT2D eigenvalue weighted by Gasteiger charge is -2.37. The zero-order valence-corrected chi connectivity index (χ0v) is 14.4. The van der Waals surface area contributed by atoms with Gasteiger partial charge in [0, 0.05) is 32.0 Å². The lowest BCUT2D eigenvalue weighted by atomic mass is 10.1. The van der Waals surface area contributed by atoms with Gasteiger partial charge in [0.15, 0.2) is 0 Å². The van der Waals surface area contributed by atoms with Crippen molar-refractivity contribution in [3.63, 3.8) is 0 Å². The maximum Gasteiger partial charge on any atom is 0.414 e. The maximum atomic E-state index is 12.3. The summed E-state index contributed by atoms with van der Waals surface area (Å²) < 4.78 is 5.47. The van der Waals surface area contributed by atoms with Gasteiger partial charge in [-0.3, -0.25) is 9.88 Å². The van der Waals surface area contributed by atoms with E-state index in [1.165, 1.54) is 0 Å². The minimum atomic E-state index is -1.82. The average molecular weight is 353 g/mol. The van der Waals surface area contributed by atoms with Crippen molar-refractivity contribution < 1.29 is 29.3 Å². The Kier molecular flexibility index (Phi) is 7.31. The van der Waals surface area contributed by atoms with Crippen LogP contribution in [0.25, 0.3) is 0 Å². The Bertz CT molecular complexity index is 588. The molecule has 2 heterocycles. The fraction of sp³-hybridized carbons (Fsp3) is 0.500. The fourth-order valence-corrected chi connectivity index (χ4v) is 2.13. The van der Waals surface area contributed by atoms with Crippen molar-refractivity contribution in [2.75, 3.05) is 19.6 Å². The van der Waals surface area contributed by atoms with Crippen molar-refractivity contribution in [3.05, 3.63) is 30.1 Å². The van der Waals surface area contributed by atoms with E-state index in [4.69, 9.17) is 24.5 Å². The highest BCUT2D eigenvalue weighted by Gasteiger charge is 2.31. The van der Waals surface area contributed by atoms with Gasteiger partial charge in [0.05, 0.1) is 6.04 Å². The smallest absolute Gasteiger partial charge is 0.414 e. The molecule has 3 N–H and O–H groups in total. The number of rotatable bonds is 1. The largest absolute Gasteiger partial charge is 0.473 e. The molecule has 1 amide bonds. The van der Waals surface area contributed by atoms with Crippen LogP contribution in [0.3, 0.4) is 0 Å². The van der Waals surface area contributed by atoms with E-state index in [0.717, 1.165) is 18.7 Å². The Balaban J connectivity index is 0.000000450. The van der Waals surface area contributed by atoms with Crippen molar-refractivity contribution >= 4 is 18.0 Å². The SMILES string of the molecule is CC(C)(C)OC(=O)N1CCNCC1c1ccncc1.O=C(O)C(=O)O. The van der Waals surface area contributed by atoms with Crippen molar-refractivity contribution in [1.29, 1.82) is 0 Å². The summed E-state index contributed by atoms with van der Waals surface area (Å²) >= 11 is 0. The summed E-state index contributed by atoms with van der Waals surface area (Å²) in [5.74, 6) is -3.65. The molecule has 1 atom stereocenters. The third-order valence-electron chi connectivity index (χ3n) is 3.15. The lowest BCUT2D eigenvalue weighted by molar-refractivity contribution is -0.159. The second-order valence-corrected chi connectivity index (χ2v) is 6.28. The molecule has 0 radical (unpaired) electrons. The first-order valence-corrected chi connectivity index (χ1v) is 7.68. The molecule has 0 aliphatic carbocycles. The number of carbonyl (C=O) groups is 3. The number of carbonyl (C=O) groups excluding carboxylic acids is 1. The Hall–Kier alpha value is -2.68. The Morgan fingerprint density at radius 3 is 2.24 bits per heavy atom. The van der Waals surface area contributed by atoms with E-state index in [1.54, 1.807) is 17.3 Å². The zero-order chi connectivity index (χ0) is 19.0. The van der Waals surface area contributed by atoms with Crippen LogP contribution in [-0.4, -0.2) is 63.4 Å². The molecule has 1 aliphatic heterocycles. The molecular formula is C16H23N3O6. The lowest BCUT2D eigenvalue weighted by Crippen LogP contribution is -2.50. The van der Waals surface area contributed by atoms with E-state index in [9.17, 15) is 4.79 Å². The second-order valence-electron chi connectivity index (χ2n) is 6.28. The van der Waals surface area contributed by atoms with Gasteiger partial charge >= 0.3 is 18.0 Å². The van der Waals surface area contributed by atoms with E-state index < -0.39 is 17.5 Å². The first-order valence-electron chi connectivity index (χ1n) is 7.68.